The molecule has 2 aliphatic rings. The molecule has 1 fully saturated rings. The van der Waals surface area contributed by atoms with Gasteiger partial charge in [-0.1, -0.05) is 24.4 Å². The van der Waals surface area contributed by atoms with Gasteiger partial charge in [-0.2, -0.15) is 0 Å². The predicted octanol–water partition coefficient (Wildman–Crippen LogP) is 2.91. The standard InChI is InChI=1S/C13H16ClNO2/c14-10-7-13-12(16-3-4-17-13)6-9(10)11(15)5-8-1-2-8/h6-8,11H,1-5,15H2. The highest BCUT2D eigenvalue weighted by Crippen LogP contribution is 2.41. The van der Waals surface area contributed by atoms with E-state index in [1.165, 1.54) is 12.8 Å². The van der Waals surface area contributed by atoms with E-state index in [-0.39, 0.29) is 6.04 Å². The van der Waals surface area contributed by atoms with Gasteiger partial charge in [-0.05, 0) is 24.0 Å². The van der Waals surface area contributed by atoms with E-state index in [0.29, 0.717) is 18.2 Å². The largest absolute Gasteiger partial charge is 0.486 e. The van der Waals surface area contributed by atoms with Crippen LogP contribution in [0.4, 0.5) is 0 Å². The van der Waals surface area contributed by atoms with Crippen molar-refractivity contribution < 1.29 is 9.47 Å². The van der Waals surface area contributed by atoms with Crippen molar-refractivity contribution in [2.24, 2.45) is 11.7 Å². The van der Waals surface area contributed by atoms with Crippen LogP contribution in [0.15, 0.2) is 12.1 Å². The molecule has 0 spiro atoms. The van der Waals surface area contributed by atoms with E-state index in [2.05, 4.69) is 0 Å². The van der Waals surface area contributed by atoms with Gasteiger partial charge in [-0.25, -0.2) is 0 Å². The lowest BCUT2D eigenvalue weighted by molar-refractivity contribution is 0.171. The highest BCUT2D eigenvalue weighted by Gasteiger charge is 2.26. The Morgan fingerprint density at radius 2 is 1.88 bits per heavy atom. The Morgan fingerprint density at radius 1 is 1.24 bits per heavy atom. The molecule has 1 aromatic rings. The van der Waals surface area contributed by atoms with Crippen LogP contribution in [0.1, 0.15) is 30.9 Å². The van der Waals surface area contributed by atoms with E-state index in [0.717, 1.165) is 29.4 Å². The van der Waals surface area contributed by atoms with Gasteiger partial charge < -0.3 is 15.2 Å². The summed E-state index contributed by atoms with van der Waals surface area (Å²) in [5.41, 5.74) is 7.16. The number of halogens is 1. The summed E-state index contributed by atoms with van der Waals surface area (Å²) in [5, 5.41) is 0.683. The fourth-order valence-electron chi connectivity index (χ4n) is 2.20. The first-order chi connectivity index (χ1) is 8.24. The van der Waals surface area contributed by atoms with Crippen molar-refractivity contribution in [3.05, 3.63) is 22.7 Å². The smallest absolute Gasteiger partial charge is 0.162 e. The molecule has 2 N–H and O–H groups in total. The second-order valence-corrected chi connectivity index (χ2v) is 5.21. The van der Waals surface area contributed by atoms with Crippen LogP contribution in [0.5, 0.6) is 11.5 Å². The second kappa shape index (κ2) is 4.39. The third kappa shape index (κ3) is 2.35. The third-order valence-corrected chi connectivity index (χ3v) is 3.67. The summed E-state index contributed by atoms with van der Waals surface area (Å²) in [4.78, 5) is 0. The third-order valence-electron chi connectivity index (χ3n) is 3.35. The van der Waals surface area contributed by atoms with Crippen LogP contribution < -0.4 is 15.2 Å². The Morgan fingerprint density at radius 3 is 2.53 bits per heavy atom. The molecule has 0 bridgehead atoms. The molecule has 1 unspecified atom stereocenters. The highest BCUT2D eigenvalue weighted by molar-refractivity contribution is 6.31. The molecule has 1 atom stereocenters. The lowest BCUT2D eigenvalue weighted by Gasteiger charge is -2.21. The van der Waals surface area contributed by atoms with Crippen LogP contribution in [-0.2, 0) is 0 Å². The zero-order valence-corrected chi connectivity index (χ0v) is 10.4. The quantitative estimate of drug-likeness (QED) is 0.901. The molecule has 0 saturated heterocycles. The fourth-order valence-corrected chi connectivity index (χ4v) is 2.50. The lowest BCUT2D eigenvalue weighted by atomic mass is 10.0. The number of rotatable bonds is 3. The van der Waals surface area contributed by atoms with Crippen molar-refractivity contribution in [1.82, 2.24) is 0 Å². The van der Waals surface area contributed by atoms with Crippen LogP contribution in [-0.4, -0.2) is 13.2 Å². The normalized spacial score (nSPS) is 20.1. The summed E-state index contributed by atoms with van der Waals surface area (Å²) < 4.78 is 11.0. The molecule has 1 aromatic carbocycles. The number of fused-ring (bicyclic) bond motifs is 1. The molecule has 3 rings (SSSR count). The van der Waals surface area contributed by atoms with E-state index < -0.39 is 0 Å². The van der Waals surface area contributed by atoms with Gasteiger partial charge in [0.2, 0.25) is 0 Å². The first-order valence-electron chi connectivity index (χ1n) is 6.08. The summed E-state index contributed by atoms with van der Waals surface area (Å²) in [7, 11) is 0. The molecule has 1 saturated carbocycles. The maximum Gasteiger partial charge on any atom is 0.162 e. The lowest BCUT2D eigenvalue weighted by Crippen LogP contribution is -2.17. The van der Waals surface area contributed by atoms with Gasteiger partial charge in [0.05, 0.1) is 0 Å². The monoisotopic (exact) mass is 253 g/mol. The van der Waals surface area contributed by atoms with Gasteiger partial charge in [-0.15, -0.1) is 0 Å². The molecule has 1 aliphatic heterocycles. The summed E-state index contributed by atoms with van der Waals surface area (Å²) >= 11 is 6.24. The number of ether oxygens (including phenoxy) is 2. The van der Waals surface area contributed by atoms with Crippen LogP contribution >= 0.6 is 11.6 Å². The van der Waals surface area contributed by atoms with Gasteiger partial charge in [0.1, 0.15) is 13.2 Å². The number of benzene rings is 1. The molecule has 17 heavy (non-hydrogen) atoms. The second-order valence-electron chi connectivity index (χ2n) is 4.80. The van der Waals surface area contributed by atoms with E-state index in [1.54, 1.807) is 0 Å². The first kappa shape index (κ1) is 11.2. The van der Waals surface area contributed by atoms with E-state index in [9.17, 15) is 0 Å². The molecule has 1 aliphatic carbocycles. The number of hydrogen-bond donors (Lipinski definition) is 1. The minimum Gasteiger partial charge on any atom is -0.486 e. The average molecular weight is 254 g/mol. The van der Waals surface area contributed by atoms with E-state index >= 15 is 0 Å². The molecule has 1 heterocycles. The van der Waals surface area contributed by atoms with Gasteiger partial charge in [0.15, 0.2) is 11.5 Å². The maximum atomic E-state index is 6.24. The molecule has 0 aromatic heterocycles. The predicted molar refractivity (Wildman–Crippen MR) is 66.7 cm³/mol. The first-order valence-corrected chi connectivity index (χ1v) is 6.46. The zero-order chi connectivity index (χ0) is 11.8. The molecular weight excluding hydrogens is 238 g/mol. The highest BCUT2D eigenvalue weighted by atomic mass is 35.5. The minimum absolute atomic E-state index is 0.00539. The number of hydrogen-bond acceptors (Lipinski definition) is 3. The summed E-state index contributed by atoms with van der Waals surface area (Å²) in [6.45, 7) is 1.17. The molecule has 0 amide bonds. The van der Waals surface area contributed by atoms with Crippen molar-refractivity contribution in [2.75, 3.05) is 13.2 Å². The fraction of sp³-hybridized carbons (Fsp3) is 0.538. The Kier molecular flexibility index (Phi) is 2.89. The average Bonchev–Trinajstić information content (AvgIpc) is 3.12. The number of nitrogens with two attached hydrogens (primary N) is 1. The van der Waals surface area contributed by atoms with Crippen molar-refractivity contribution in [1.29, 1.82) is 0 Å². The van der Waals surface area contributed by atoms with Gasteiger partial charge >= 0.3 is 0 Å². The Hall–Kier alpha value is -0.930. The summed E-state index contributed by atoms with van der Waals surface area (Å²) in [6.07, 6.45) is 3.62. The Bertz CT molecular complexity index is 432. The van der Waals surface area contributed by atoms with E-state index in [4.69, 9.17) is 26.8 Å². The van der Waals surface area contributed by atoms with Crippen molar-refractivity contribution in [2.45, 2.75) is 25.3 Å². The van der Waals surface area contributed by atoms with Crippen molar-refractivity contribution >= 4 is 11.6 Å². The van der Waals surface area contributed by atoms with Crippen LogP contribution in [0.25, 0.3) is 0 Å². The molecule has 92 valence electrons. The summed E-state index contributed by atoms with van der Waals surface area (Å²) in [5.74, 6) is 2.28. The topological polar surface area (TPSA) is 44.5 Å². The van der Waals surface area contributed by atoms with Gasteiger partial charge in [0, 0.05) is 17.1 Å². The van der Waals surface area contributed by atoms with Gasteiger partial charge in [0.25, 0.3) is 0 Å². The summed E-state index contributed by atoms with van der Waals surface area (Å²) in [6, 6.07) is 3.76. The maximum absolute atomic E-state index is 6.24. The van der Waals surface area contributed by atoms with Crippen molar-refractivity contribution in [3.63, 3.8) is 0 Å². The van der Waals surface area contributed by atoms with Crippen molar-refractivity contribution in [3.8, 4) is 11.5 Å². The molecular formula is C13H16ClNO2. The van der Waals surface area contributed by atoms with Crippen LogP contribution in [0, 0.1) is 5.92 Å². The Labute approximate surface area is 106 Å². The molecule has 3 nitrogen and oxygen atoms in total. The Balaban J connectivity index is 1.87. The molecule has 0 radical (unpaired) electrons. The van der Waals surface area contributed by atoms with Crippen LogP contribution in [0.3, 0.4) is 0 Å². The molecule has 4 heteroatoms. The van der Waals surface area contributed by atoms with E-state index in [1.807, 2.05) is 12.1 Å². The SMILES string of the molecule is NC(CC1CC1)c1cc2c(cc1Cl)OCCO2. The zero-order valence-electron chi connectivity index (χ0n) is 9.62. The van der Waals surface area contributed by atoms with Gasteiger partial charge in [-0.3, -0.25) is 0 Å². The minimum atomic E-state index is 0.00539. The van der Waals surface area contributed by atoms with Crippen LogP contribution in [0.2, 0.25) is 5.02 Å².